The topological polar surface area (TPSA) is 59.8 Å². The van der Waals surface area contributed by atoms with E-state index in [0.29, 0.717) is 17.7 Å². The summed E-state index contributed by atoms with van der Waals surface area (Å²) < 4.78 is 2.34. The quantitative estimate of drug-likeness (QED) is 0.405. The number of nitrogens with zero attached hydrogens (tertiary/aromatic N) is 3. The molecule has 7 heteroatoms. The lowest BCUT2D eigenvalue weighted by Crippen LogP contribution is -2.31. The number of thioether (sulfide) groups is 1. The van der Waals surface area contributed by atoms with Crippen LogP contribution in [0.15, 0.2) is 53.0 Å². The second-order valence-electron chi connectivity index (χ2n) is 8.90. The summed E-state index contributed by atoms with van der Waals surface area (Å²) in [5.74, 6) is 2.05. The van der Waals surface area contributed by atoms with Gasteiger partial charge in [0.1, 0.15) is 5.82 Å². The molecule has 1 N–H and O–H groups in total. The van der Waals surface area contributed by atoms with Gasteiger partial charge in [0.05, 0.1) is 11.8 Å². The summed E-state index contributed by atoms with van der Waals surface area (Å²) in [6.45, 7) is 0. The predicted octanol–water partition coefficient (Wildman–Crippen LogP) is 5.80. The summed E-state index contributed by atoms with van der Waals surface area (Å²) in [4.78, 5) is 14.2. The van der Waals surface area contributed by atoms with Crippen LogP contribution in [-0.2, 0) is 11.2 Å². The Hall–Kier alpha value is -2.12. The lowest BCUT2D eigenvalue weighted by Gasteiger charge is -2.25. The number of rotatable bonds is 9. The van der Waals surface area contributed by atoms with Crippen LogP contribution in [-0.4, -0.2) is 26.4 Å². The molecular formula is C25H30N4OS2. The Morgan fingerprint density at radius 2 is 1.88 bits per heavy atom. The van der Waals surface area contributed by atoms with Gasteiger partial charge in [0.15, 0.2) is 5.16 Å². The Labute approximate surface area is 198 Å². The van der Waals surface area contributed by atoms with Crippen molar-refractivity contribution in [3.05, 3.63) is 64.1 Å². The van der Waals surface area contributed by atoms with Crippen LogP contribution in [0, 0.1) is 5.92 Å². The molecule has 0 radical (unpaired) electrons. The first-order valence-corrected chi connectivity index (χ1v) is 13.6. The van der Waals surface area contributed by atoms with Gasteiger partial charge in [-0.3, -0.25) is 4.79 Å². The molecule has 5 nitrogen and oxygen atoms in total. The zero-order valence-corrected chi connectivity index (χ0v) is 19.9. The number of thiophene rings is 1. The first-order chi connectivity index (χ1) is 15.8. The van der Waals surface area contributed by atoms with Crippen molar-refractivity contribution in [1.82, 2.24) is 20.1 Å². The minimum atomic E-state index is 0.0776. The molecule has 168 valence electrons. The number of hydrogen-bond donors (Lipinski definition) is 1. The second-order valence-corrected chi connectivity index (χ2v) is 10.9. The molecule has 0 spiro atoms. The van der Waals surface area contributed by atoms with Gasteiger partial charge in [0.25, 0.3) is 0 Å². The van der Waals surface area contributed by atoms with E-state index in [2.05, 4.69) is 49.7 Å². The Morgan fingerprint density at radius 3 is 2.59 bits per heavy atom. The molecule has 32 heavy (non-hydrogen) atoms. The fraction of sp³-hybridized carbons (Fsp3) is 0.480. The molecule has 2 aliphatic rings. The molecule has 0 saturated heterocycles. The zero-order chi connectivity index (χ0) is 21.8. The van der Waals surface area contributed by atoms with E-state index in [1.54, 1.807) is 11.3 Å². The average Bonchev–Trinajstić information content (AvgIpc) is 3.39. The molecule has 2 fully saturated rings. The Morgan fingerprint density at radius 1 is 1.06 bits per heavy atom. The summed E-state index contributed by atoms with van der Waals surface area (Å²) >= 11 is 3.29. The van der Waals surface area contributed by atoms with E-state index in [1.807, 2.05) is 18.2 Å². The first-order valence-electron chi connectivity index (χ1n) is 11.7. The third-order valence-corrected chi connectivity index (χ3v) is 8.31. The van der Waals surface area contributed by atoms with Crippen molar-refractivity contribution in [2.45, 2.75) is 68.6 Å². The highest BCUT2D eigenvalue weighted by atomic mass is 32.2. The van der Waals surface area contributed by atoms with E-state index < -0.39 is 0 Å². The molecular weight excluding hydrogens is 436 g/mol. The molecule has 1 atom stereocenters. The van der Waals surface area contributed by atoms with Crippen molar-refractivity contribution in [1.29, 1.82) is 0 Å². The zero-order valence-electron chi connectivity index (χ0n) is 18.3. The van der Waals surface area contributed by atoms with Gasteiger partial charge in [-0.25, -0.2) is 0 Å². The highest BCUT2D eigenvalue weighted by Crippen LogP contribution is 2.41. The average molecular weight is 467 g/mol. The molecule has 0 bridgehead atoms. The van der Waals surface area contributed by atoms with Crippen molar-refractivity contribution in [2.24, 2.45) is 5.92 Å². The number of benzene rings is 1. The van der Waals surface area contributed by atoms with Crippen LogP contribution in [0.5, 0.6) is 0 Å². The fourth-order valence-electron chi connectivity index (χ4n) is 4.71. The van der Waals surface area contributed by atoms with Gasteiger partial charge in [-0.15, -0.1) is 21.5 Å². The number of aromatic nitrogens is 3. The van der Waals surface area contributed by atoms with Crippen molar-refractivity contribution in [2.75, 3.05) is 5.75 Å². The van der Waals surface area contributed by atoms with Crippen LogP contribution >= 0.6 is 23.1 Å². The van der Waals surface area contributed by atoms with Crippen LogP contribution in [0.2, 0.25) is 0 Å². The van der Waals surface area contributed by atoms with Gasteiger partial charge < -0.3 is 9.88 Å². The molecule has 2 saturated carbocycles. The molecule has 2 heterocycles. The van der Waals surface area contributed by atoms with Crippen molar-refractivity contribution < 1.29 is 4.79 Å². The molecule has 1 aromatic carbocycles. The lowest BCUT2D eigenvalue weighted by molar-refractivity contribution is -0.119. The molecule has 5 rings (SSSR count). The highest BCUT2D eigenvalue weighted by Gasteiger charge is 2.33. The van der Waals surface area contributed by atoms with E-state index >= 15 is 0 Å². The highest BCUT2D eigenvalue weighted by molar-refractivity contribution is 7.99. The Bertz CT molecular complexity index is 1010. The van der Waals surface area contributed by atoms with Gasteiger partial charge in [-0.2, -0.15) is 0 Å². The normalized spacial score (nSPS) is 17.9. The molecule has 2 aromatic heterocycles. The second kappa shape index (κ2) is 10.2. The third kappa shape index (κ3) is 5.26. The number of amides is 1. The van der Waals surface area contributed by atoms with Crippen molar-refractivity contribution in [3.8, 4) is 0 Å². The van der Waals surface area contributed by atoms with Crippen LogP contribution in [0.4, 0.5) is 0 Å². The van der Waals surface area contributed by atoms with Crippen molar-refractivity contribution in [3.63, 3.8) is 0 Å². The Balaban J connectivity index is 1.28. The van der Waals surface area contributed by atoms with Gasteiger partial charge in [-0.1, -0.05) is 67.4 Å². The minimum absolute atomic E-state index is 0.0776. The lowest BCUT2D eigenvalue weighted by atomic mass is 9.95. The van der Waals surface area contributed by atoms with Crippen LogP contribution in [0.25, 0.3) is 0 Å². The van der Waals surface area contributed by atoms with Crippen molar-refractivity contribution >= 4 is 29.0 Å². The number of carbonyl (C=O) groups excluding carboxylic acids is 1. The number of hydrogen-bond acceptors (Lipinski definition) is 5. The van der Waals surface area contributed by atoms with Gasteiger partial charge >= 0.3 is 0 Å². The minimum Gasteiger partial charge on any atom is -0.348 e. The van der Waals surface area contributed by atoms with E-state index in [0.717, 1.165) is 17.4 Å². The summed E-state index contributed by atoms with van der Waals surface area (Å²) in [5, 5.41) is 15.4. The fourth-order valence-corrected chi connectivity index (χ4v) is 6.25. The first kappa shape index (κ1) is 21.7. The molecule has 3 aromatic rings. The molecule has 1 unspecified atom stereocenters. The maximum atomic E-state index is 12.9. The van der Waals surface area contributed by atoms with Crippen LogP contribution in [0.3, 0.4) is 0 Å². The standard InChI is InChI=1S/C25H30N4OS2/c30-23(26-24(19-13-14-19)18-8-3-1-4-9-18)17-32-25-28-27-22(16-21-12-7-15-31-21)29(25)20-10-5-2-6-11-20/h1,3-4,7-9,12,15,19-20,24H,2,5-6,10-11,13-14,16-17H2,(H,26,30). The summed E-state index contributed by atoms with van der Waals surface area (Å²) in [6, 6.07) is 15.2. The largest absolute Gasteiger partial charge is 0.348 e. The van der Waals surface area contributed by atoms with Gasteiger partial charge in [-0.05, 0) is 48.6 Å². The van der Waals surface area contributed by atoms with Crippen LogP contribution < -0.4 is 5.32 Å². The maximum absolute atomic E-state index is 12.9. The van der Waals surface area contributed by atoms with Gasteiger partial charge in [0, 0.05) is 17.3 Å². The van der Waals surface area contributed by atoms with E-state index in [9.17, 15) is 4.79 Å². The summed E-state index contributed by atoms with van der Waals surface area (Å²) in [7, 11) is 0. The summed E-state index contributed by atoms with van der Waals surface area (Å²) in [5.41, 5.74) is 1.21. The smallest absolute Gasteiger partial charge is 0.230 e. The van der Waals surface area contributed by atoms with E-state index in [1.165, 1.54) is 67.1 Å². The van der Waals surface area contributed by atoms with Gasteiger partial charge in [0.2, 0.25) is 5.91 Å². The van der Waals surface area contributed by atoms with E-state index in [-0.39, 0.29) is 11.9 Å². The Kier molecular flexibility index (Phi) is 6.93. The molecule has 1 amide bonds. The predicted molar refractivity (Wildman–Crippen MR) is 130 cm³/mol. The molecule has 2 aliphatic carbocycles. The summed E-state index contributed by atoms with van der Waals surface area (Å²) in [6.07, 6.45) is 9.36. The third-order valence-electron chi connectivity index (χ3n) is 6.49. The maximum Gasteiger partial charge on any atom is 0.230 e. The number of nitrogens with one attached hydrogen (secondary N) is 1. The SMILES string of the molecule is O=C(CSc1nnc(Cc2cccs2)n1C1CCCCC1)NC(c1ccccc1)C1CC1. The van der Waals surface area contributed by atoms with Crippen LogP contribution in [0.1, 0.15) is 73.3 Å². The van der Waals surface area contributed by atoms with E-state index in [4.69, 9.17) is 0 Å². The monoisotopic (exact) mass is 466 g/mol. The number of carbonyl (C=O) groups is 1. The molecule has 0 aliphatic heterocycles.